The summed E-state index contributed by atoms with van der Waals surface area (Å²) in [4.78, 5) is 10.6. The second-order valence-electron chi connectivity index (χ2n) is 2.59. The van der Waals surface area contributed by atoms with Crippen molar-refractivity contribution in [1.82, 2.24) is 5.43 Å². The summed E-state index contributed by atoms with van der Waals surface area (Å²) in [6, 6.07) is 0. The predicted molar refractivity (Wildman–Crippen MR) is 35.7 cm³/mol. The van der Waals surface area contributed by atoms with Crippen LogP contribution in [0.1, 0.15) is 12.8 Å². The Labute approximate surface area is 63.0 Å². The van der Waals surface area contributed by atoms with Gasteiger partial charge in [-0.3, -0.25) is 4.79 Å². The molecule has 0 saturated carbocycles. The molecule has 2 rings (SSSR count). The van der Waals surface area contributed by atoms with E-state index < -0.39 is 6.29 Å². The molecule has 0 aromatic rings. The molecule has 1 saturated heterocycles. The van der Waals surface area contributed by atoms with E-state index in [1.165, 1.54) is 0 Å². The van der Waals surface area contributed by atoms with Crippen LogP contribution in [0.4, 0.5) is 0 Å². The third kappa shape index (κ3) is 1.24. The third-order valence-electron chi connectivity index (χ3n) is 1.73. The van der Waals surface area contributed by atoms with Gasteiger partial charge in [-0.2, -0.15) is 5.10 Å². The highest BCUT2D eigenvalue weighted by Crippen LogP contribution is 2.23. The summed E-state index contributed by atoms with van der Waals surface area (Å²) in [6.45, 7) is 0. The van der Waals surface area contributed by atoms with E-state index in [-0.39, 0.29) is 12.0 Å². The van der Waals surface area contributed by atoms with Crippen molar-refractivity contribution in [1.29, 1.82) is 0 Å². The van der Waals surface area contributed by atoms with Gasteiger partial charge < -0.3 is 9.84 Å². The summed E-state index contributed by atoms with van der Waals surface area (Å²) in [6.07, 6.45) is 0.0539. The lowest BCUT2D eigenvalue weighted by Crippen LogP contribution is -2.28. The summed E-state index contributed by atoms with van der Waals surface area (Å²) >= 11 is 0. The van der Waals surface area contributed by atoms with E-state index in [9.17, 15) is 4.79 Å². The minimum Gasteiger partial charge on any atom is -0.365 e. The van der Waals surface area contributed by atoms with Crippen LogP contribution in [0.25, 0.3) is 0 Å². The molecule has 2 aliphatic heterocycles. The number of ether oxygens (including phenoxy) is 1. The van der Waals surface area contributed by atoms with Gasteiger partial charge in [-0.05, 0) is 6.42 Å². The fourth-order valence-electron chi connectivity index (χ4n) is 1.04. The van der Waals surface area contributed by atoms with Crippen molar-refractivity contribution in [2.75, 3.05) is 0 Å². The Morgan fingerprint density at radius 3 is 2.82 bits per heavy atom. The molecule has 5 nitrogen and oxygen atoms in total. The smallest absolute Gasteiger partial charge is 0.240 e. The number of rotatable bonds is 1. The molecular weight excluding hydrogens is 148 g/mol. The number of aliphatic hydroxyl groups is 1. The van der Waals surface area contributed by atoms with Gasteiger partial charge in [0.05, 0.1) is 5.71 Å². The van der Waals surface area contributed by atoms with Crippen molar-refractivity contribution in [3.63, 3.8) is 0 Å². The average molecular weight is 156 g/mol. The largest absolute Gasteiger partial charge is 0.365 e. The number of aliphatic hydroxyl groups excluding tert-OH is 1. The van der Waals surface area contributed by atoms with E-state index in [1.807, 2.05) is 0 Å². The summed E-state index contributed by atoms with van der Waals surface area (Å²) in [7, 11) is 0. The van der Waals surface area contributed by atoms with Crippen LogP contribution in [0.3, 0.4) is 0 Å². The number of hydrogen-bond acceptors (Lipinski definition) is 4. The number of epoxide rings is 1. The Kier molecular flexibility index (Phi) is 1.40. The Morgan fingerprint density at radius 2 is 2.36 bits per heavy atom. The van der Waals surface area contributed by atoms with Crippen LogP contribution >= 0.6 is 0 Å². The first-order valence-electron chi connectivity index (χ1n) is 3.46. The van der Waals surface area contributed by atoms with E-state index in [4.69, 9.17) is 9.84 Å². The molecule has 0 aromatic heterocycles. The molecule has 0 aromatic carbocycles. The van der Waals surface area contributed by atoms with Gasteiger partial charge in [0.2, 0.25) is 5.91 Å². The van der Waals surface area contributed by atoms with Crippen molar-refractivity contribution in [3.05, 3.63) is 0 Å². The first kappa shape index (κ1) is 6.75. The molecule has 2 heterocycles. The summed E-state index contributed by atoms with van der Waals surface area (Å²) < 4.78 is 4.77. The molecule has 2 atom stereocenters. The van der Waals surface area contributed by atoms with Crippen molar-refractivity contribution >= 4 is 11.6 Å². The Bertz CT molecular complexity index is 226. The summed E-state index contributed by atoms with van der Waals surface area (Å²) in [5, 5.41) is 12.6. The number of nitrogens with zero attached hydrogens (tertiary/aromatic N) is 1. The van der Waals surface area contributed by atoms with Crippen LogP contribution in [-0.2, 0) is 9.53 Å². The molecular formula is C6H8N2O3. The predicted octanol–water partition coefficient (Wildman–Crippen LogP) is -1.03. The topological polar surface area (TPSA) is 74.2 Å². The maximum absolute atomic E-state index is 10.6. The number of nitrogens with one attached hydrogen (secondary N) is 1. The number of carbonyl (C=O) groups is 1. The van der Waals surface area contributed by atoms with Gasteiger partial charge in [0.25, 0.3) is 0 Å². The molecule has 11 heavy (non-hydrogen) atoms. The van der Waals surface area contributed by atoms with Gasteiger partial charge in [-0.1, -0.05) is 0 Å². The second kappa shape index (κ2) is 2.28. The second-order valence-corrected chi connectivity index (χ2v) is 2.59. The molecule has 0 bridgehead atoms. The number of carbonyl (C=O) groups excluding carboxylic acids is 1. The van der Waals surface area contributed by atoms with Gasteiger partial charge in [0.15, 0.2) is 12.4 Å². The first-order valence-corrected chi connectivity index (χ1v) is 3.46. The lowest BCUT2D eigenvalue weighted by molar-refractivity contribution is -0.121. The SMILES string of the molecule is O=C1CCC(C2OC2O)=NN1. The van der Waals surface area contributed by atoms with Crippen LogP contribution in [0.15, 0.2) is 5.10 Å². The molecule has 5 heteroatoms. The highest BCUT2D eigenvalue weighted by atomic mass is 16.7. The molecule has 2 unspecified atom stereocenters. The maximum atomic E-state index is 10.6. The standard InChI is InChI=1S/C6H8N2O3/c9-4-2-1-3(7-8-4)5-6(10)11-5/h5-6,10H,1-2H2,(H,8,9). The maximum Gasteiger partial charge on any atom is 0.240 e. The normalized spacial score (nSPS) is 36.1. The molecule has 0 radical (unpaired) electrons. The van der Waals surface area contributed by atoms with Gasteiger partial charge >= 0.3 is 0 Å². The van der Waals surface area contributed by atoms with E-state index in [0.717, 1.165) is 5.71 Å². The fourth-order valence-corrected chi connectivity index (χ4v) is 1.04. The van der Waals surface area contributed by atoms with Crippen molar-refractivity contribution in [3.8, 4) is 0 Å². The molecule has 1 fully saturated rings. The van der Waals surface area contributed by atoms with E-state index >= 15 is 0 Å². The summed E-state index contributed by atoms with van der Waals surface area (Å²) in [5.74, 6) is -0.0797. The van der Waals surface area contributed by atoms with Gasteiger partial charge in [0, 0.05) is 6.42 Å². The van der Waals surface area contributed by atoms with E-state index in [2.05, 4.69) is 10.5 Å². The van der Waals surface area contributed by atoms with Gasteiger partial charge in [-0.25, -0.2) is 5.43 Å². The highest BCUT2D eigenvalue weighted by Gasteiger charge is 2.42. The Hall–Kier alpha value is -0.940. The van der Waals surface area contributed by atoms with E-state index in [1.54, 1.807) is 0 Å². The van der Waals surface area contributed by atoms with Crippen LogP contribution in [0.2, 0.25) is 0 Å². The minimum absolute atomic E-state index is 0.0797. The molecule has 0 spiro atoms. The number of hydrazone groups is 1. The van der Waals surface area contributed by atoms with Crippen LogP contribution in [0, 0.1) is 0 Å². The molecule has 60 valence electrons. The van der Waals surface area contributed by atoms with Crippen LogP contribution < -0.4 is 5.43 Å². The average Bonchev–Trinajstić information content (AvgIpc) is 2.69. The van der Waals surface area contributed by atoms with Crippen molar-refractivity contribution < 1.29 is 14.6 Å². The third-order valence-corrected chi connectivity index (χ3v) is 1.73. The lowest BCUT2D eigenvalue weighted by atomic mass is 10.1. The molecule has 2 aliphatic rings. The first-order chi connectivity index (χ1) is 5.27. The van der Waals surface area contributed by atoms with Crippen molar-refractivity contribution in [2.24, 2.45) is 5.10 Å². The lowest BCUT2D eigenvalue weighted by Gasteiger charge is -2.08. The zero-order chi connectivity index (χ0) is 7.84. The zero-order valence-corrected chi connectivity index (χ0v) is 5.78. The van der Waals surface area contributed by atoms with E-state index in [0.29, 0.717) is 12.8 Å². The Morgan fingerprint density at radius 1 is 1.64 bits per heavy atom. The quantitative estimate of drug-likeness (QED) is 0.477. The number of hydrogen-bond donors (Lipinski definition) is 2. The van der Waals surface area contributed by atoms with Gasteiger partial charge in [0.1, 0.15) is 0 Å². The monoisotopic (exact) mass is 156 g/mol. The minimum atomic E-state index is -0.705. The highest BCUT2D eigenvalue weighted by molar-refractivity contribution is 5.96. The molecule has 0 aliphatic carbocycles. The zero-order valence-electron chi connectivity index (χ0n) is 5.78. The van der Waals surface area contributed by atoms with Crippen LogP contribution in [0.5, 0.6) is 0 Å². The van der Waals surface area contributed by atoms with Crippen molar-refractivity contribution in [2.45, 2.75) is 25.2 Å². The van der Waals surface area contributed by atoms with Crippen LogP contribution in [-0.4, -0.2) is 29.1 Å². The van der Waals surface area contributed by atoms with Gasteiger partial charge in [-0.15, -0.1) is 0 Å². The fraction of sp³-hybridized carbons (Fsp3) is 0.667. The molecule has 2 N–H and O–H groups in total. The summed E-state index contributed by atoms with van der Waals surface area (Å²) in [5.41, 5.74) is 3.07. The number of amides is 1. The Balaban J connectivity index is 2.00. The molecule has 1 amide bonds.